The summed E-state index contributed by atoms with van der Waals surface area (Å²) in [5, 5.41) is 2.45. The average molecular weight is 932 g/mol. The molecule has 0 saturated heterocycles. The van der Waals surface area contributed by atoms with E-state index < -0.39 is 10.8 Å². The van der Waals surface area contributed by atoms with E-state index in [9.17, 15) is 0 Å². The van der Waals surface area contributed by atoms with Crippen LogP contribution < -0.4 is 32.2 Å². The lowest BCUT2D eigenvalue weighted by atomic mass is 9.59. The number of fused-ring (bicyclic) bond motifs is 11. The lowest BCUT2D eigenvalue weighted by Crippen LogP contribution is -2.55. The Hall–Kier alpha value is -7.88. The van der Waals surface area contributed by atoms with Gasteiger partial charge in [-0.2, -0.15) is 0 Å². The van der Waals surface area contributed by atoms with E-state index in [0.717, 1.165) is 33.8 Å². The summed E-state index contributed by atoms with van der Waals surface area (Å²) in [5.41, 5.74) is 23.3. The summed E-state index contributed by atoms with van der Waals surface area (Å²) in [4.78, 5) is 2.47. The van der Waals surface area contributed by atoms with E-state index in [-0.39, 0.29) is 21.8 Å². The number of hydrogen-bond acceptors (Lipinski definition) is 1. The summed E-state index contributed by atoms with van der Waals surface area (Å²) in [7, 11) is 32.4. The summed E-state index contributed by atoms with van der Waals surface area (Å²) in [6, 6.07) is 74.4. The van der Waals surface area contributed by atoms with Crippen LogP contribution in [-0.4, -0.2) is 43.8 Å². The second kappa shape index (κ2) is 15.8. The molecule has 2 heterocycles. The average Bonchev–Trinajstić information content (AvgIpc) is 4.00. The zero-order valence-electron chi connectivity index (χ0n) is 41.8. The minimum atomic E-state index is -0.578. The van der Waals surface area contributed by atoms with Gasteiger partial charge in [0.15, 0.2) is 0 Å². The van der Waals surface area contributed by atoms with Crippen LogP contribution in [0.25, 0.3) is 60.9 Å². The molecule has 10 radical (unpaired) electrons. The fourth-order valence-electron chi connectivity index (χ4n) is 13.5. The number of para-hydroxylation sites is 2. The second-order valence-electron chi connectivity index (χ2n) is 21.5. The Kier molecular flexibility index (Phi) is 9.57. The van der Waals surface area contributed by atoms with Gasteiger partial charge in [-0.15, -0.1) is 16.4 Å². The Morgan fingerprint density at radius 3 is 1.53 bits per heavy atom. The molecule has 0 atom stereocenters. The molecule has 2 aliphatic carbocycles. The van der Waals surface area contributed by atoms with Gasteiger partial charge in [-0.25, -0.2) is 0 Å². The minimum absolute atomic E-state index is 0.175. The van der Waals surface area contributed by atoms with Crippen LogP contribution >= 0.6 is 0 Å². The summed E-state index contributed by atoms with van der Waals surface area (Å²) >= 11 is 0. The van der Waals surface area contributed by atoms with Crippen LogP contribution in [0.4, 0.5) is 17.1 Å². The SMILES string of the molecule is [B]c1c([B])c([B])c(-c2ccc3c(c2)C(C)(C)c2cc(N(c4ccc5c(c4)C(c4ccccc4)(c4ccccc4)c4ccccc4-5)c4ccc5c(c4)c4cccc6c4n5-c4ccccc4C6(C)C)ccc2-3)c([B])c1[B]. The maximum Gasteiger partial charge on any atom is 0.113 e. The van der Waals surface area contributed by atoms with Crippen LogP contribution in [0.2, 0.25) is 0 Å². The molecule has 0 saturated carbocycles. The van der Waals surface area contributed by atoms with Gasteiger partial charge in [0.2, 0.25) is 0 Å². The Bertz CT molecular complexity index is 4140. The van der Waals surface area contributed by atoms with Crippen LogP contribution in [0.3, 0.4) is 0 Å². The lowest BCUT2D eigenvalue weighted by Gasteiger charge is -2.35. The number of rotatable bonds is 6. The fraction of sp³-hybridized carbons (Fsp3) is 0.104. The van der Waals surface area contributed by atoms with Crippen molar-refractivity contribution < 1.29 is 0 Å². The molecule has 0 amide bonds. The zero-order chi connectivity index (χ0) is 50.6. The Morgan fingerprint density at radius 1 is 0.365 bits per heavy atom. The quantitative estimate of drug-likeness (QED) is 0.151. The molecule has 1 aromatic heterocycles. The first kappa shape index (κ1) is 44.8. The molecule has 0 unspecified atom stereocenters. The van der Waals surface area contributed by atoms with Gasteiger partial charge in [-0.3, -0.25) is 0 Å². The molecule has 14 rings (SSSR count). The molecule has 74 heavy (non-hydrogen) atoms. The van der Waals surface area contributed by atoms with Crippen molar-refractivity contribution in [3.63, 3.8) is 0 Å². The molecule has 0 N–H and O–H groups in total. The molecule has 0 spiro atoms. The molecule has 1 aliphatic heterocycles. The van der Waals surface area contributed by atoms with E-state index in [1.165, 1.54) is 83.1 Å². The van der Waals surface area contributed by atoms with Crippen LogP contribution in [0.15, 0.2) is 200 Å². The van der Waals surface area contributed by atoms with Crippen LogP contribution in [-0.2, 0) is 16.2 Å². The van der Waals surface area contributed by atoms with Crippen molar-refractivity contribution >= 4 is 105 Å². The molecular formula is C67H45B5N2. The number of benzene rings is 10. The Labute approximate surface area is 440 Å². The molecule has 11 aromatic rings. The zero-order valence-corrected chi connectivity index (χ0v) is 41.8. The normalized spacial score (nSPS) is 14.8. The third-order valence-corrected chi connectivity index (χ3v) is 17.1. The van der Waals surface area contributed by atoms with Gasteiger partial charge in [-0.1, -0.05) is 184 Å². The summed E-state index contributed by atoms with van der Waals surface area (Å²) < 4.78 is 2.49. The monoisotopic (exact) mass is 932 g/mol. The van der Waals surface area contributed by atoms with Crippen molar-refractivity contribution in [2.75, 3.05) is 4.90 Å². The largest absolute Gasteiger partial charge is 0.310 e. The van der Waals surface area contributed by atoms with E-state index in [2.05, 4.69) is 237 Å². The molecule has 7 heteroatoms. The molecule has 2 nitrogen and oxygen atoms in total. The van der Waals surface area contributed by atoms with Crippen molar-refractivity contribution in [2.24, 2.45) is 0 Å². The van der Waals surface area contributed by atoms with Gasteiger partial charge >= 0.3 is 0 Å². The van der Waals surface area contributed by atoms with Crippen molar-refractivity contribution in [2.45, 2.75) is 43.9 Å². The number of aromatic nitrogens is 1. The lowest BCUT2D eigenvalue weighted by molar-refractivity contribution is 0.630. The second-order valence-corrected chi connectivity index (χ2v) is 21.5. The highest BCUT2D eigenvalue weighted by atomic mass is 15.1. The van der Waals surface area contributed by atoms with Gasteiger partial charge in [0, 0.05) is 38.7 Å². The van der Waals surface area contributed by atoms with Gasteiger partial charge in [0.25, 0.3) is 0 Å². The van der Waals surface area contributed by atoms with E-state index in [1.807, 2.05) is 0 Å². The maximum atomic E-state index is 6.66. The molecule has 338 valence electrons. The van der Waals surface area contributed by atoms with Crippen LogP contribution in [0.1, 0.15) is 72.2 Å². The van der Waals surface area contributed by atoms with Crippen LogP contribution in [0.5, 0.6) is 0 Å². The van der Waals surface area contributed by atoms with E-state index in [1.54, 1.807) is 0 Å². The minimum Gasteiger partial charge on any atom is -0.310 e. The molecule has 0 fully saturated rings. The highest BCUT2D eigenvalue weighted by Crippen LogP contribution is 2.58. The Morgan fingerprint density at radius 2 is 0.851 bits per heavy atom. The van der Waals surface area contributed by atoms with Crippen molar-refractivity contribution in [1.29, 1.82) is 0 Å². The first-order chi connectivity index (χ1) is 35.8. The Balaban J connectivity index is 1.01. The van der Waals surface area contributed by atoms with E-state index >= 15 is 0 Å². The maximum absolute atomic E-state index is 6.66. The topological polar surface area (TPSA) is 8.17 Å². The smallest absolute Gasteiger partial charge is 0.113 e. The predicted octanol–water partition coefficient (Wildman–Crippen LogP) is 11.2. The van der Waals surface area contributed by atoms with Crippen molar-refractivity contribution in [1.82, 2.24) is 4.57 Å². The van der Waals surface area contributed by atoms with Gasteiger partial charge in [-0.05, 0) is 132 Å². The third kappa shape index (κ3) is 5.90. The molecule has 10 aromatic carbocycles. The highest BCUT2D eigenvalue weighted by Gasteiger charge is 2.47. The number of nitrogens with zero attached hydrogens (tertiary/aromatic N) is 2. The standard InChI is InChI=1S/C67H45B5N2/c1-65(2)51-23-13-14-25-57(51)74-56-33-29-41(35-49(56)48-21-15-24-52(65)64(48)74)73(42-27-31-46-45-30-26-38(34-53(45)66(3,4)54(46)36-42)58-59(68)61(70)63(72)62(71)60(58)69)43-28-32-47-44-20-11-12-22-50(44)67(55(47)37-43,39-16-7-5-8-17-39)40-18-9-6-10-19-40/h5-37H,1-4H3. The molecular weight excluding hydrogens is 887 g/mol. The van der Waals surface area contributed by atoms with E-state index in [4.69, 9.17) is 39.2 Å². The predicted molar refractivity (Wildman–Crippen MR) is 315 cm³/mol. The number of anilines is 3. The van der Waals surface area contributed by atoms with Crippen LogP contribution in [0, 0.1) is 0 Å². The van der Waals surface area contributed by atoms with Crippen molar-refractivity contribution in [3.8, 4) is 39.1 Å². The molecule has 0 bridgehead atoms. The highest BCUT2D eigenvalue weighted by molar-refractivity contribution is 6.68. The van der Waals surface area contributed by atoms with Crippen molar-refractivity contribution in [3.05, 3.63) is 245 Å². The molecule has 3 aliphatic rings. The van der Waals surface area contributed by atoms with Gasteiger partial charge < -0.3 is 9.47 Å². The third-order valence-electron chi connectivity index (χ3n) is 17.1. The summed E-state index contributed by atoms with van der Waals surface area (Å²) in [6.45, 7) is 9.31. The van der Waals surface area contributed by atoms with Gasteiger partial charge in [0.05, 0.1) is 22.1 Å². The number of hydrogen-bond donors (Lipinski definition) is 0. The van der Waals surface area contributed by atoms with E-state index in [0.29, 0.717) is 16.5 Å². The summed E-state index contributed by atoms with van der Waals surface area (Å²) in [6.07, 6.45) is 0. The first-order valence-electron chi connectivity index (χ1n) is 25.5. The fourth-order valence-corrected chi connectivity index (χ4v) is 13.5. The first-order valence-corrected chi connectivity index (χ1v) is 25.5. The summed E-state index contributed by atoms with van der Waals surface area (Å²) in [5.74, 6) is 0. The van der Waals surface area contributed by atoms with Gasteiger partial charge in [0.1, 0.15) is 39.2 Å².